The van der Waals surface area contributed by atoms with E-state index in [0.29, 0.717) is 44.0 Å². The number of nitrogens with zero attached hydrogens (tertiary/aromatic N) is 2. The van der Waals surface area contributed by atoms with E-state index in [1.165, 1.54) is 13.0 Å². The third-order valence-corrected chi connectivity index (χ3v) is 4.90. The number of rotatable bonds is 6. The molecule has 29 heavy (non-hydrogen) atoms. The van der Waals surface area contributed by atoms with Crippen molar-refractivity contribution < 1.29 is 18.7 Å². The fourth-order valence-corrected chi connectivity index (χ4v) is 3.26. The molecule has 1 aliphatic rings. The number of anilines is 1. The Morgan fingerprint density at radius 3 is 2.34 bits per heavy atom. The van der Waals surface area contributed by atoms with Crippen molar-refractivity contribution in [3.63, 3.8) is 0 Å². The molecule has 0 radical (unpaired) electrons. The van der Waals surface area contributed by atoms with Gasteiger partial charge in [0.25, 0.3) is 0 Å². The highest BCUT2D eigenvalue weighted by molar-refractivity contribution is 5.94. The van der Waals surface area contributed by atoms with Gasteiger partial charge in [-0.25, -0.2) is 4.39 Å². The molecule has 1 amide bonds. The summed E-state index contributed by atoms with van der Waals surface area (Å²) in [6.45, 7) is 6.07. The quantitative estimate of drug-likeness (QED) is 0.551. The summed E-state index contributed by atoms with van der Waals surface area (Å²) in [6, 6.07) is 12.1. The van der Waals surface area contributed by atoms with Crippen LogP contribution < -0.4 is 9.64 Å². The Bertz CT molecular complexity index is 901. The minimum atomic E-state index is -0.409. The molecule has 0 saturated carbocycles. The number of carbonyl (C=O) groups excluding carboxylic acids is 2. The van der Waals surface area contributed by atoms with Crippen LogP contribution in [0.2, 0.25) is 0 Å². The number of Topliss-reactive ketones (excluding diaryl/α,β-unsaturated/α-hetero) is 1. The van der Waals surface area contributed by atoms with Gasteiger partial charge >= 0.3 is 0 Å². The molecule has 2 aromatic rings. The second-order valence-corrected chi connectivity index (χ2v) is 6.87. The predicted octanol–water partition coefficient (Wildman–Crippen LogP) is 3.79. The molecule has 0 N–H and O–H groups in total. The van der Waals surface area contributed by atoms with Crippen LogP contribution in [0.5, 0.6) is 5.75 Å². The van der Waals surface area contributed by atoms with Gasteiger partial charge in [-0.15, -0.1) is 0 Å². The molecular weight excluding hydrogens is 371 g/mol. The molecule has 1 saturated heterocycles. The first kappa shape index (κ1) is 20.6. The highest BCUT2D eigenvalue weighted by Crippen LogP contribution is 2.22. The summed E-state index contributed by atoms with van der Waals surface area (Å²) in [7, 11) is 0. The molecule has 0 aliphatic carbocycles. The van der Waals surface area contributed by atoms with E-state index in [2.05, 4.69) is 0 Å². The Hall–Kier alpha value is -3.15. The molecule has 0 unspecified atom stereocenters. The van der Waals surface area contributed by atoms with Crippen LogP contribution in [0.4, 0.5) is 10.1 Å². The second-order valence-electron chi connectivity index (χ2n) is 6.87. The van der Waals surface area contributed by atoms with Crippen LogP contribution in [0.3, 0.4) is 0 Å². The number of carbonyl (C=O) groups is 2. The molecule has 5 nitrogen and oxygen atoms in total. The number of amides is 1. The maximum atomic E-state index is 14.3. The molecule has 0 atom stereocenters. The Morgan fingerprint density at radius 2 is 1.76 bits per heavy atom. The van der Waals surface area contributed by atoms with Crippen LogP contribution in [-0.2, 0) is 4.79 Å². The van der Waals surface area contributed by atoms with E-state index in [4.69, 9.17) is 4.74 Å². The average Bonchev–Trinajstić information content (AvgIpc) is 2.73. The van der Waals surface area contributed by atoms with E-state index in [1.807, 2.05) is 36.1 Å². The molecule has 1 aliphatic heterocycles. The van der Waals surface area contributed by atoms with E-state index in [9.17, 15) is 14.0 Å². The fraction of sp³-hybridized carbons (Fsp3) is 0.304. The summed E-state index contributed by atoms with van der Waals surface area (Å²) in [5.41, 5.74) is 1.75. The summed E-state index contributed by atoms with van der Waals surface area (Å²) < 4.78 is 19.7. The average molecular weight is 396 g/mol. The number of ether oxygens (including phenoxy) is 1. The van der Waals surface area contributed by atoms with Gasteiger partial charge in [0, 0.05) is 37.8 Å². The van der Waals surface area contributed by atoms with E-state index < -0.39 is 5.82 Å². The van der Waals surface area contributed by atoms with Crippen LogP contribution in [0.15, 0.2) is 48.5 Å². The zero-order valence-electron chi connectivity index (χ0n) is 16.7. The molecule has 2 aromatic carbocycles. The monoisotopic (exact) mass is 396 g/mol. The summed E-state index contributed by atoms with van der Waals surface area (Å²) >= 11 is 0. The van der Waals surface area contributed by atoms with Crippen molar-refractivity contribution in [1.82, 2.24) is 4.90 Å². The predicted molar refractivity (Wildman–Crippen MR) is 112 cm³/mol. The van der Waals surface area contributed by atoms with Crippen molar-refractivity contribution in [2.75, 3.05) is 37.7 Å². The highest BCUT2D eigenvalue weighted by Gasteiger charge is 2.22. The number of halogens is 1. The first-order chi connectivity index (χ1) is 14.0. The van der Waals surface area contributed by atoms with Gasteiger partial charge in [0.15, 0.2) is 5.78 Å². The summed E-state index contributed by atoms with van der Waals surface area (Å²) in [4.78, 5) is 27.5. The van der Waals surface area contributed by atoms with Gasteiger partial charge in [-0.3, -0.25) is 9.59 Å². The maximum absolute atomic E-state index is 14.3. The van der Waals surface area contributed by atoms with Crippen LogP contribution in [0, 0.1) is 5.82 Å². The van der Waals surface area contributed by atoms with Gasteiger partial charge in [-0.2, -0.15) is 0 Å². The first-order valence-corrected chi connectivity index (χ1v) is 9.73. The van der Waals surface area contributed by atoms with E-state index in [-0.39, 0.29) is 11.7 Å². The standard InChI is InChI=1S/C23H25FN2O3/c1-3-29-20-8-4-18(5-9-20)6-11-23(28)26-14-12-25(13-15-26)22-10-7-19(17(2)27)16-21(22)24/h4-11,16H,3,12-15H2,1-2H3/b11-6+. The summed E-state index contributed by atoms with van der Waals surface area (Å²) in [5.74, 6) is 0.166. The highest BCUT2D eigenvalue weighted by atomic mass is 19.1. The number of hydrogen-bond acceptors (Lipinski definition) is 4. The van der Waals surface area contributed by atoms with Crippen molar-refractivity contribution in [2.45, 2.75) is 13.8 Å². The lowest BCUT2D eigenvalue weighted by atomic mass is 10.1. The molecule has 1 fully saturated rings. The van der Waals surface area contributed by atoms with Gasteiger partial charge in [0.05, 0.1) is 12.3 Å². The molecule has 0 bridgehead atoms. The number of piperazine rings is 1. The molecular formula is C23H25FN2O3. The minimum absolute atomic E-state index is 0.0639. The van der Waals surface area contributed by atoms with Crippen LogP contribution in [-0.4, -0.2) is 49.4 Å². The van der Waals surface area contributed by atoms with Gasteiger partial charge in [0.2, 0.25) is 5.91 Å². The number of benzene rings is 2. The largest absolute Gasteiger partial charge is 0.494 e. The van der Waals surface area contributed by atoms with Gasteiger partial charge in [-0.05, 0) is 55.8 Å². The zero-order valence-corrected chi connectivity index (χ0v) is 16.7. The summed E-state index contributed by atoms with van der Waals surface area (Å²) in [6.07, 6.45) is 3.35. The van der Waals surface area contributed by atoms with Crippen molar-refractivity contribution in [3.8, 4) is 5.75 Å². The van der Waals surface area contributed by atoms with Crippen molar-refractivity contribution >= 4 is 23.5 Å². The fourth-order valence-electron chi connectivity index (χ4n) is 3.26. The molecule has 1 heterocycles. The number of ketones is 1. The molecule has 0 aromatic heterocycles. The van der Waals surface area contributed by atoms with E-state index >= 15 is 0 Å². The van der Waals surface area contributed by atoms with Crippen LogP contribution in [0.25, 0.3) is 6.08 Å². The van der Waals surface area contributed by atoms with Crippen LogP contribution >= 0.6 is 0 Å². The Balaban J connectivity index is 1.56. The lowest BCUT2D eigenvalue weighted by Gasteiger charge is -2.35. The third kappa shape index (κ3) is 5.22. The van der Waals surface area contributed by atoms with Gasteiger partial charge in [0.1, 0.15) is 11.6 Å². The Kier molecular flexibility index (Phi) is 6.65. The van der Waals surface area contributed by atoms with Gasteiger partial charge in [-0.1, -0.05) is 12.1 Å². The Labute approximate surface area is 170 Å². The molecule has 0 spiro atoms. The smallest absolute Gasteiger partial charge is 0.246 e. The van der Waals surface area contributed by atoms with Gasteiger partial charge < -0.3 is 14.5 Å². The zero-order chi connectivity index (χ0) is 20.8. The topological polar surface area (TPSA) is 49.9 Å². The number of hydrogen-bond donors (Lipinski definition) is 0. The lowest BCUT2D eigenvalue weighted by Crippen LogP contribution is -2.48. The van der Waals surface area contributed by atoms with Crippen molar-refractivity contribution in [2.24, 2.45) is 0 Å². The molecule has 6 heteroatoms. The Morgan fingerprint density at radius 1 is 1.07 bits per heavy atom. The van der Waals surface area contributed by atoms with Crippen molar-refractivity contribution in [3.05, 3.63) is 65.5 Å². The maximum Gasteiger partial charge on any atom is 0.246 e. The van der Waals surface area contributed by atoms with Crippen molar-refractivity contribution in [1.29, 1.82) is 0 Å². The second kappa shape index (κ2) is 9.37. The summed E-state index contributed by atoms with van der Waals surface area (Å²) in [5, 5.41) is 0. The van der Waals surface area contributed by atoms with E-state index in [0.717, 1.165) is 11.3 Å². The normalized spacial score (nSPS) is 14.3. The lowest BCUT2D eigenvalue weighted by molar-refractivity contribution is -0.126. The first-order valence-electron chi connectivity index (χ1n) is 9.73. The molecule has 3 rings (SSSR count). The van der Waals surface area contributed by atoms with E-state index in [1.54, 1.807) is 29.2 Å². The SMILES string of the molecule is CCOc1ccc(/C=C/C(=O)N2CCN(c3ccc(C(C)=O)cc3F)CC2)cc1. The molecule has 152 valence electrons. The third-order valence-electron chi connectivity index (χ3n) is 4.90. The minimum Gasteiger partial charge on any atom is -0.494 e. The van der Waals surface area contributed by atoms with Crippen LogP contribution in [0.1, 0.15) is 29.8 Å².